The van der Waals surface area contributed by atoms with Crippen molar-refractivity contribution in [3.05, 3.63) is 59.5 Å². The second kappa shape index (κ2) is 7.15. The van der Waals surface area contributed by atoms with Crippen LogP contribution >= 0.6 is 0 Å². The molecular formula is C17H23NO. The Morgan fingerprint density at radius 3 is 2.58 bits per heavy atom. The zero-order valence-electron chi connectivity index (χ0n) is 11.9. The van der Waals surface area contributed by atoms with Gasteiger partial charge < -0.3 is 9.73 Å². The summed E-state index contributed by atoms with van der Waals surface area (Å²) in [5.41, 5.74) is 2.72. The summed E-state index contributed by atoms with van der Waals surface area (Å²) >= 11 is 0. The van der Waals surface area contributed by atoms with Crippen LogP contribution in [-0.2, 0) is 12.8 Å². The van der Waals surface area contributed by atoms with Crippen LogP contribution in [0.15, 0.2) is 47.1 Å². The highest BCUT2D eigenvalue weighted by atomic mass is 16.3. The quantitative estimate of drug-likeness (QED) is 0.817. The van der Waals surface area contributed by atoms with E-state index in [1.165, 1.54) is 11.1 Å². The molecule has 1 aromatic carbocycles. The standard InChI is InChI=1S/C17H23NO/c1-3-18-16(10-11-17-5-4-12-19-17)13-15-8-6-14(2)7-9-15/h4-9,12,16,18H,3,10-11,13H2,1-2H3. The Kier molecular flexibility index (Phi) is 5.22. The molecule has 0 radical (unpaired) electrons. The lowest BCUT2D eigenvalue weighted by atomic mass is 10.0. The molecule has 2 nitrogen and oxygen atoms in total. The molecule has 2 aromatic rings. The largest absolute Gasteiger partial charge is 0.469 e. The second-order valence-corrected chi connectivity index (χ2v) is 5.06. The predicted octanol–water partition coefficient (Wildman–Crippen LogP) is 3.74. The minimum Gasteiger partial charge on any atom is -0.469 e. The number of rotatable bonds is 7. The summed E-state index contributed by atoms with van der Waals surface area (Å²) in [7, 11) is 0. The maximum atomic E-state index is 5.40. The van der Waals surface area contributed by atoms with Crippen molar-refractivity contribution in [3.63, 3.8) is 0 Å². The van der Waals surface area contributed by atoms with Gasteiger partial charge in [0.05, 0.1) is 6.26 Å². The van der Waals surface area contributed by atoms with Crippen molar-refractivity contribution in [2.75, 3.05) is 6.54 Å². The fourth-order valence-corrected chi connectivity index (χ4v) is 2.34. The van der Waals surface area contributed by atoms with E-state index in [2.05, 4.69) is 49.5 Å². The molecule has 102 valence electrons. The molecule has 2 heteroatoms. The number of aryl methyl sites for hydroxylation is 2. The third kappa shape index (κ3) is 4.56. The van der Waals surface area contributed by atoms with Gasteiger partial charge in [-0.1, -0.05) is 36.8 Å². The van der Waals surface area contributed by atoms with E-state index in [0.29, 0.717) is 6.04 Å². The smallest absolute Gasteiger partial charge is 0.103 e. The van der Waals surface area contributed by atoms with Crippen molar-refractivity contribution in [1.29, 1.82) is 0 Å². The van der Waals surface area contributed by atoms with E-state index in [1.54, 1.807) is 6.26 Å². The number of hydrogen-bond acceptors (Lipinski definition) is 2. The highest BCUT2D eigenvalue weighted by Crippen LogP contribution is 2.11. The summed E-state index contributed by atoms with van der Waals surface area (Å²) in [6, 6.07) is 13.3. The third-order valence-corrected chi connectivity index (χ3v) is 3.41. The molecule has 1 N–H and O–H groups in total. The van der Waals surface area contributed by atoms with Crippen molar-refractivity contribution in [2.45, 2.75) is 39.2 Å². The molecule has 1 atom stereocenters. The predicted molar refractivity (Wildman–Crippen MR) is 79.4 cm³/mol. The van der Waals surface area contributed by atoms with Gasteiger partial charge in [-0.05, 0) is 44.0 Å². The van der Waals surface area contributed by atoms with E-state index in [4.69, 9.17) is 4.42 Å². The first-order valence-electron chi connectivity index (χ1n) is 7.09. The van der Waals surface area contributed by atoms with E-state index < -0.39 is 0 Å². The van der Waals surface area contributed by atoms with Gasteiger partial charge in [0.1, 0.15) is 5.76 Å². The van der Waals surface area contributed by atoms with Gasteiger partial charge in [-0.2, -0.15) is 0 Å². The topological polar surface area (TPSA) is 25.2 Å². The molecule has 0 saturated heterocycles. The molecule has 0 amide bonds. The summed E-state index contributed by atoms with van der Waals surface area (Å²) in [4.78, 5) is 0. The number of furan rings is 1. The Balaban J connectivity index is 1.89. The van der Waals surface area contributed by atoms with Crippen molar-refractivity contribution >= 4 is 0 Å². The average Bonchev–Trinajstić information content (AvgIpc) is 2.92. The number of nitrogens with one attached hydrogen (secondary N) is 1. The maximum absolute atomic E-state index is 5.40. The van der Waals surface area contributed by atoms with E-state index >= 15 is 0 Å². The van der Waals surface area contributed by atoms with E-state index in [-0.39, 0.29) is 0 Å². The molecule has 0 aliphatic heterocycles. The monoisotopic (exact) mass is 257 g/mol. The van der Waals surface area contributed by atoms with Crippen molar-refractivity contribution < 1.29 is 4.42 Å². The lowest BCUT2D eigenvalue weighted by Crippen LogP contribution is -2.31. The van der Waals surface area contributed by atoms with Gasteiger partial charge in [-0.25, -0.2) is 0 Å². The SMILES string of the molecule is CCNC(CCc1ccco1)Cc1ccc(C)cc1. The zero-order valence-corrected chi connectivity index (χ0v) is 11.9. The first-order chi connectivity index (χ1) is 9.28. The van der Waals surface area contributed by atoms with Crippen molar-refractivity contribution in [3.8, 4) is 0 Å². The van der Waals surface area contributed by atoms with Crippen LogP contribution in [0.25, 0.3) is 0 Å². The van der Waals surface area contributed by atoms with Crippen LogP contribution in [0.1, 0.15) is 30.2 Å². The fraction of sp³-hybridized carbons (Fsp3) is 0.412. The van der Waals surface area contributed by atoms with Crippen LogP contribution in [0.3, 0.4) is 0 Å². The Morgan fingerprint density at radius 1 is 1.16 bits per heavy atom. The number of hydrogen-bond donors (Lipinski definition) is 1. The van der Waals surface area contributed by atoms with Crippen LogP contribution in [0.2, 0.25) is 0 Å². The molecular weight excluding hydrogens is 234 g/mol. The van der Waals surface area contributed by atoms with Crippen molar-refractivity contribution in [1.82, 2.24) is 5.32 Å². The van der Waals surface area contributed by atoms with E-state index in [1.807, 2.05) is 6.07 Å². The number of benzene rings is 1. The Morgan fingerprint density at radius 2 is 1.95 bits per heavy atom. The molecule has 0 aliphatic rings. The first-order valence-corrected chi connectivity index (χ1v) is 7.09. The molecule has 19 heavy (non-hydrogen) atoms. The fourth-order valence-electron chi connectivity index (χ4n) is 2.34. The molecule has 1 unspecified atom stereocenters. The maximum Gasteiger partial charge on any atom is 0.103 e. The van der Waals surface area contributed by atoms with Crippen LogP contribution < -0.4 is 5.32 Å². The summed E-state index contributed by atoms with van der Waals surface area (Å²) in [5.74, 6) is 1.08. The molecule has 1 heterocycles. The van der Waals surface area contributed by atoms with E-state index in [0.717, 1.165) is 31.6 Å². The Labute approximate surface area is 115 Å². The van der Waals surface area contributed by atoms with Crippen LogP contribution in [0.5, 0.6) is 0 Å². The normalized spacial score (nSPS) is 12.5. The summed E-state index contributed by atoms with van der Waals surface area (Å²) in [5, 5.41) is 3.57. The van der Waals surface area contributed by atoms with Crippen LogP contribution in [-0.4, -0.2) is 12.6 Å². The lowest BCUT2D eigenvalue weighted by Gasteiger charge is -2.17. The van der Waals surface area contributed by atoms with Gasteiger partial charge in [-0.3, -0.25) is 0 Å². The minimum absolute atomic E-state index is 0.512. The highest BCUT2D eigenvalue weighted by Gasteiger charge is 2.09. The van der Waals surface area contributed by atoms with Crippen molar-refractivity contribution in [2.24, 2.45) is 0 Å². The van der Waals surface area contributed by atoms with Crippen LogP contribution in [0, 0.1) is 6.92 Å². The van der Waals surface area contributed by atoms with Gasteiger partial charge >= 0.3 is 0 Å². The molecule has 0 bridgehead atoms. The van der Waals surface area contributed by atoms with Gasteiger partial charge in [0.2, 0.25) is 0 Å². The summed E-state index contributed by atoms with van der Waals surface area (Å²) < 4.78 is 5.40. The molecule has 0 saturated carbocycles. The third-order valence-electron chi connectivity index (χ3n) is 3.41. The van der Waals surface area contributed by atoms with Gasteiger partial charge in [0.25, 0.3) is 0 Å². The molecule has 2 rings (SSSR count). The second-order valence-electron chi connectivity index (χ2n) is 5.06. The lowest BCUT2D eigenvalue weighted by molar-refractivity contribution is 0.448. The zero-order chi connectivity index (χ0) is 13.5. The summed E-state index contributed by atoms with van der Waals surface area (Å²) in [6.07, 6.45) is 4.93. The molecule has 1 aromatic heterocycles. The van der Waals surface area contributed by atoms with E-state index in [9.17, 15) is 0 Å². The first kappa shape index (κ1) is 13.9. The highest BCUT2D eigenvalue weighted by molar-refractivity contribution is 5.22. The molecule has 0 aliphatic carbocycles. The molecule has 0 spiro atoms. The summed E-state index contributed by atoms with van der Waals surface area (Å²) in [6.45, 7) is 5.30. The van der Waals surface area contributed by atoms with Gasteiger partial charge in [0, 0.05) is 12.5 Å². The van der Waals surface area contributed by atoms with Crippen LogP contribution in [0.4, 0.5) is 0 Å². The Bertz CT molecular complexity index is 459. The average molecular weight is 257 g/mol. The minimum atomic E-state index is 0.512. The van der Waals surface area contributed by atoms with Gasteiger partial charge in [0.15, 0.2) is 0 Å². The number of likely N-dealkylation sites (N-methyl/N-ethyl adjacent to an activating group) is 1. The van der Waals surface area contributed by atoms with Gasteiger partial charge in [-0.15, -0.1) is 0 Å². The molecule has 0 fully saturated rings. The Hall–Kier alpha value is -1.54.